The molecule has 0 atom stereocenters. The van der Waals surface area contributed by atoms with Gasteiger partial charge in [0, 0.05) is 0 Å². The molecule has 5 heteroatoms. The van der Waals surface area contributed by atoms with Gasteiger partial charge >= 0.3 is 0 Å². The fourth-order valence-electron chi connectivity index (χ4n) is 0.989. The zero-order valence-electron chi connectivity index (χ0n) is 8.36. The number of rotatable bonds is 2. The van der Waals surface area contributed by atoms with Crippen molar-refractivity contribution < 1.29 is 12.8 Å². The molecule has 0 saturated carbocycles. The summed E-state index contributed by atoms with van der Waals surface area (Å²) < 4.78 is 35.0. The number of nitrogens with zero attached hydrogens (tertiary/aromatic N) is 1. The Kier molecular flexibility index (Phi) is 2.82. The molecule has 0 spiro atoms. The van der Waals surface area contributed by atoms with Crippen LogP contribution in [-0.2, 0) is 9.84 Å². The van der Waals surface area contributed by atoms with E-state index in [1.165, 1.54) is 26.0 Å². The average Bonchev–Trinajstić information content (AvgIpc) is 2.17. The zero-order valence-corrected chi connectivity index (χ0v) is 9.18. The van der Waals surface area contributed by atoms with Gasteiger partial charge in [-0.2, -0.15) is 5.26 Å². The van der Waals surface area contributed by atoms with E-state index in [1.807, 2.05) is 0 Å². The second-order valence-corrected chi connectivity index (χ2v) is 6.08. The van der Waals surface area contributed by atoms with Gasteiger partial charge in [-0.05, 0) is 32.0 Å². The van der Waals surface area contributed by atoms with Gasteiger partial charge in [-0.1, -0.05) is 6.07 Å². The Morgan fingerprint density at radius 3 is 2.47 bits per heavy atom. The summed E-state index contributed by atoms with van der Waals surface area (Å²) in [5.41, 5.74) is 0. The number of nitriles is 1. The third kappa shape index (κ3) is 2.00. The molecule has 0 aliphatic rings. The maximum absolute atomic E-state index is 12.8. The van der Waals surface area contributed by atoms with Crippen LogP contribution in [0.3, 0.4) is 0 Å². The molecule has 0 unspecified atom stereocenters. The summed E-state index contributed by atoms with van der Waals surface area (Å²) in [5, 5.41) is 8.74. The van der Waals surface area contributed by atoms with E-state index in [-0.39, 0.29) is 4.90 Å². The summed E-state index contributed by atoms with van der Waals surface area (Å²) in [6, 6.07) is 6.33. The van der Waals surface area contributed by atoms with Gasteiger partial charge in [0.05, 0.1) is 11.0 Å². The number of hydrogen-bond donors (Lipinski definition) is 0. The molecule has 0 N–H and O–H groups in total. The monoisotopic (exact) mass is 227 g/mol. The van der Waals surface area contributed by atoms with Crippen molar-refractivity contribution in [2.24, 2.45) is 0 Å². The number of halogens is 1. The van der Waals surface area contributed by atoms with E-state index in [0.29, 0.717) is 0 Å². The summed E-state index contributed by atoms with van der Waals surface area (Å²) >= 11 is 0. The molecular weight excluding hydrogens is 217 g/mol. The van der Waals surface area contributed by atoms with Crippen molar-refractivity contribution in [2.75, 3.05) is 0 Å². The topological polar surface area (TPSA) is 57.9 Å². The molecule has 0 aliphatic carbocycles. The van der Waals surface area contributed by atoms with Gasteiger partial charge in [0.15, 0.2) is 14.6 Å². The first-order valence-electron chi connectivity index (χ1n) is 4.23. The molecule has 0 fully saturated rings. The van der Waals surface area contributed by atoms with Gasteiger partial charge in [-0.25, -0.2) is 12.8 Å². The second-order valence-electron chi connectivity index (χ2n) is 3.58. The highest BCUT2D eigenvalue weighted by Gasteiger charge is 2.35. The Balaban J connectivity index is 3.38. The first kappa shape index (κ1) is 11.7. The molecule has 15 heavy (non-hydrogen) atoms. The summed E-state index contributed by atoms with van der Waals surface area (Å²) in [5.74, 6) is -0.634. The highest BCUT2D eigenvalue weighted by Crippen LogP contribution is 2.24. The lowest BCUT2D eigenvalue weighted by Crippen LogP contribution is -2.29. The van der Waals surface area contributed by atoms with Crippen molar-refractivity contribution in [3.05, 3.63) is 30.1 Å². The molecule has 0 amide bonds. The SMILES string of the molecule is CC(C)(C#N)S(=O)(=O)c1cccc(F)c1. The third-order valence-electron chi connectivity index (χ3n) is 2.05. The lowest BCUT2D eigenvalue weighted by atomic mass is 10.2. The summed E-state index contributed by atoms with van der Waals surface area (Å²) in [6.07, 6.45) is 0. The van der Waals surface area contributed by atoms with Crippen LogP contribution in [0.15, 0.2) is 29.2 Å². The minimum absolute atomic E-state index is 0.172. The van der Waals surface area contributed by atoms with E-state index in [2.05, 4.69) is 0 Å². The molecule has 0 radical (unpaired) electrons. The fourth-order valence-corrected chi connectivity index (χ4v) is 2.22. The molecule has 0 heterocycles. The third-order valence-corrected chi connectivity index (χ3v) is 4.36. The van der Waals surface area contributed by atoms with Crippen LogP contribution in [0.25, 0.3) is 0 Å². The van der Waals surface area contributed by atoms with Crippen molar-refractivity contribution in [1.82, 2.24) is 0 Å². The largest absolute Gasteiger partial charge is 0.222 e. The van der Waals surface area contributed by atoms with Gasteiger partial charge in [0.1, 0.15) is 5.82 Å². The highest BCUT2D eigenvalue weighted by atomic mass is 32.2. The van der Waals surface area contributed by atoms with Crippen LogP contribution in [0, 0.1) is 17.1 Å². The van der Waals surface area contributed by atoms with Crippen LogP contribution in [0.1, 0.15) is 13.8 Å². The molecular formula is C10H10FNO2S. The van der Waals surface area contributed by atoms with Gasteiger partial charge in [-0.15, -0.1) is 0 Å². The number of benzene rings is 1. The van der Waals surface area contributed by atoms with E-state index >= 15 is 0 Å². The van der Waals surface area contributed by atoms with Gasteiger partial charge in [0.2, 0.25) is 0 Å². The standard InChI is InChI=1S/C10H10FNO2S/c1-10(2,7-12)15(13,14)9-5-3-4-8(11)6-9/h3-6H,1-2H3. The highest BCUT2D eigenvalue weighted by molar-refractivity contribution is 7.93. The van der Waals surface area contributed by atoms with Crippen molar-refractivity contribution in [3.63, 3.8) is 0 Å². The summed E-state index contributed by atoms with van der Waals surface area (Å²) in [6.45, 7) is 2.57. The predicted octanol–water partition coefficient (Wildman–Crippen LogP) is 1.90. The normalized spacial score (nSPS) is 12.1. The smallest absolute Gasteiger partial charge is 0.196 e. The van der Waals surface area contributed by atoms with Crippen molar-refractivity contribution >= 4 is 9.84 Å². The van der Waals surface area contributed by atoms with E-state index < -0.39 is 20.4 Å². The first-order valence-corrected chi connectivity index (χ1v) is 5.71. The Bertz CT molecular complexity index is 514. The molecule has 1 rings (SSSR count). The van der Waals surface area contributed by atoms with Gasteiger partial charge in [0.25, 0.3) is 0 Å². The van der Waals surface area contributed by atoms with Crippen molar-refractivity contribution in [2.45, 2.75) is 23.5 Å². The Morgan fingerprint density at radius 2 is 2.00 bits per heavy atom. The van der Waals surface area contributed by atoms with Crippen LogP contribution in [0.2, 0.25) is 0 Å². The van der Waals surface area contributed by atoms with E-state index in [4.69, 9.17) is 5.26 Å². The van der Waals surface area contributed by atoms with Crippen LogP contribution in [-0.4, -0.2) is 13.2 Å². The molecule has 1 aromatic carbocycles. The Hall–Kier alpha value is -1.41. The van der Waals surface area contributed by atoms with E-state index in [9.17, 15) is 12.8 Å². The lowest BCUT2D eigenvalue weighted by Gasteiger charge is -2.16. The molecule has 0 aliphatic heterocycles. The number of hydrogen-bond acceptors (Lipinski definition) is 3. The van der Waals surface area contributed by atoms with Gasteiger partial charge in [-0.3, -0.25) is 0 Å². The van der Waals surface area contributed by atoms with Crippen LogP contribution < -0.4 is 0 Å². The molecule has 1 aromatic rings. The number of sulfone groups is 1. The first-order chi connectivity index (χ1) is 6.81. The molecule has 3 nitrogen and oxygen atoms in total. The molecule has 0 saturated heterocycles. The lowest BCUT2D eigenvalue weighted by molar-refractivity contribution is 0.571. The fraction of sp³-hybridized carbons (Fsp3) is 0.300. The van der Waals surface area contributed by atoms with Crippen LogP contribution in [0.5, 0.6) is 0 Å². The Labute approximate surface area is 88.1 Å². The maximum atomic E-state index is 12.8. The van der Waals surface area contributed by atoms with E-state index in [0.717, 1.165) is 12.1 Å². The minimum Gasteiger partial charge on any atom is -0.222 e. The minimum atomic E-state index is -3.81. The van der Waals surface area contributed by atoms with Crippen LogP contribution in [0.4, 0.5) is 4.39 Å². The van der Waals surface area contributed by atoms with Crippen molar-refractivity contribution in [1.29, 1.82) is 5.26 Å². The molecule has 0 bridgehead atoms. The molecule has 80 valence electrons. The summed E-state index contributed by atoms with van der Waals surface area (Å²) in [7, 11) is -3.81. The average molecular weight is 227 g/mol. The van der Waals surface area contributed by atoms with Crippen molar-refractivity contribution in [3.8, 4) is 6.07 Å². The van der Waals surface area contributed by atoms with Gasteiger partial charge < -0.3 is 0 Å². The van der Waals surface area contributed by atoms with E-state index in [1.54, 1.807) is 6.07 Å². The maximum Gasteiger partial charge on any atom is 0.196 e. The quantitative estimate of drug-likeness (QED) is 0.775. The predicted molar refractivity (Wildman–Crippen MR) is 53.3 cm³/mol. The second kappa shape index (κ2) is 3.63. The van der Waals surface area contributed by atoms with Crippen LogP contribution >= 0.6 is 0 Å². The molecule has 0 aromatic heterocycles. The zero-order chi connectivity index (χ0) is 11.7. The summed E-state index contributed by atoms with van der Waals surface area (Å²) in [4.78, 5) is -0.172. The Morgan fingerprint density at radius 1 is 1.40 bits per heavy atom.